The van der Waals surface area contributed by atoms with E-state index in [1.54, 1.807) is 13.1 Å². The number of hydrogen-bond donors (Lipinski definition) is 1. The second-order valence-electron chi connectivity index (χ2n) is 2.74. The van der Waals surface area contributed by atoms with Crippen LogP contribution in [0, 0.1) is 6.20 Å². The van der Waals surface area contributed by atoms with Crippen LogP contribution in [0.25, 0.3) is 5.65 Å². The molecule has 2 rings (SSSR count). The van der Waals surface area contributed by atoms with Crippen molar-refractivity contribution in [1.29, 1.82) is 0 Å². The van der Waals surface area contributed by atoms with Crippen molar-refractivity contribution in [3.05, 3.63) is 36.3 Å². The monoisotopic (exact) mass is 161 g/mol. The summed E-state index contributed by atoms with van der Waals surface area (Å²) >= 11 is 0. The molecular weight excluding hydrogens is 152 g/mol. The fourth-order valence-electron chi connectivity index (χ4n) is 1.24. The molecule has 61 valence electrons. The van der Waals surface area contributed by atoms with Crippen molar-refractivity contribution in [3.63, 3.8) is 0 Å². The summed E-state index contributed by atoms with van der Waals surface area (Å²) in [6, 6.07) is 3.74. The summed E-state index contributed by atoms with van der Waals surface area (Å²) in [6.07, 6.45) is 5.87. The van der Waals surface area contributed by atoms with E-state index in [0.29, 0.717) is 0 Å². The molecule has 0 aromatic carbocycles. The fraction of sp³-hybridized carbons (Fsp3) is 0.222. The number of pyridine rings is 1. The SMILES string of the molecule is C[C@@H](O)c1cccn2c[c]nc12. The van der Waals surface area contributed by atoms with Gasteiger partial charge >= 0.3 is 0 Å². The van der Waals surface area contributed by atoms with E-state index in [1.165, 1.54) is 0 Å². The molecule has 1 radical (unpaired) electrons. The topological polar surface area (TPSA) is 37.5 Å². The first-order valence-corrected chi connectivity index (χ1v) is 3.81. The number of hydrogen-bond acceptors (Lipinski definition) is 2. The van der Waals surface area contributed by atoms with Crippen LogP contribution in [-0.2, 0) is 0 Å². The van der Waals surface area contributed by atoms with Crippen molar-refractivity contribution >= 4 is 5.65 Å². The lowest BCUT2D eigenvalue weighted by Crippen LogP contribution is -1.95. The Bertz CT molecular complexity index is 392. The zero-order chi connectivity index (χ0) is 8.55. The number of imidazole rings is 1. The molecule has 3 nitrogen and oxygen atoms in total. The fourth-order valence-corrected chi connectivity index (χ4v) is 1.24. The third kappa shape index (κ3) is 0.987. The Kier molecular flexibility index (Phi) is 1.59. The van der Waals surface area contributed by atoms with Crippen LogP contribution in [0.3, 0.4) is 0 Å². The molecule has 0 amide bonds. The minimum absolute atomic E-state index is 0.482. The van der Waals surface area contributed by atoms with E-state index in [-0.39, 0.29) is 0 Å². The van der Waals surface area contributed by atoms with Gasteiger partial charge in [0.1, 0.15) is 11.8 Å². The van der Waals surface area contributed by atoms with Crippen LogP contribution < -0.4 is 0 Å². The number of rotatable bonds is 1. The summed E-state index contributed by atoms with van der Waals surface area (Å²) in [4.78, 5) is 4.02. The Hall–Kier alpha value is -1.35. The Morgan fingerprint density at radius 2 is 2.50 bits per heavy atom. The first kappa shape index (κ1) is 7.31. The maximum atomic E-state index is 9.37. The Morgan fingerprint density at radius 1 is 1.67 bits per heavy atom. The van der Waals surface area contributed by atoms with E-state index in [4.69, 9.17) is 0 Å². The number of aromatic nitrogens is 2. The van der Waals surface area contributed by atoms with Crippen molar-refractivity contribution in [3.8, 4) is 0 Å². The molecule has 2 aromatic rings. The molecule has 0 saturated heterocycles. The smallest absolute Gasteiger partial charge is 0.143 e. The van der Waals surface area contributed by atoms with Crippen LogP contribution in [-0.4, -0.2) is 14.5 Å². The van der Waals surface area contributed by atoms with Crippen LogP contribution in [0.5, 0.6) is 0 Å². The van der Waals surface area contributed by atoms with Crippen molar-refractivity contribution in [2.75, 3.05) is 0 Å². The molecule has 12 heavy (non-hydrogen) atoms. The predicted molar refractivity (Wildman–Crippen MR) is 44.7 cm³/mol. The second-order valence-corrected chi connectivity index (χ2v) is 2.74. The summed E-state index contributed by atoms with van der Waals surface area (Å²) in [7, 11) is 0. The molecule has 0 unspecified atom stereocenters. The Balaban J connectivity index is 2.73. The maximum absolute atomic E-state index is 9.37. The highest BCUT2D eigenvalue weighted by atomic mass is 16.3. The van der Waals surface area contributed by atoms with E-state index in [2.05, 4.69) is 11.2 Å². The molecular formula is C9H9N2O. The number of nitrogens with zero attached hydrogens (tertiary/aromatic N) is 2. The zero-order valence-electron chi connectivity index (χ0n) is 6.73. The van der Waals surface area contributed by atoms with Gasteiger partial charge < -0.3 is 9.51 Å². The minimum atomic E-state index is -0.482. The highest BCUT2D eigenvalue weighted by Gasteiger charge is 2.06. The van der Waals surface area contributed by atoms with Crippen LogP contribution in [0.2, 0.25) is 0 Å². The van der Waals surface area contributed by atoms with Crippen LogP contribution in [0.1, 0.15) is 18.6 Å². The van der Waals surface area contributed by atoms with Crippen molar-refractivity contribution in [2.45, 2.75) is 13.0 Å². The van der Waals surface area contributed by atoms with Gasteiger partial charge in [0.25, 0.3) is 0 Å². The molecule has 3 heteroatoms. The predicted octanol–water partition coefficient (Wildman–Crippen LogP) is 1.19. The Morgan fingerprint density at radius 3 is 3.25 bits per heavy atom. The van der Waals surface area contributed by atoms with Crippen LogP contribution in [0.15, 0.2) is 24.5 Å². The van der Waals surface area contributed by atoms with Crippen LogP contribution >= 0.6 is 0 Å². The van der Waals surface area contributed by atoms with Gasteiger partial charge in [-0.05, 0) is 13.0 Å². The van der Waals surface area contributed by atoms with Gasteiger partial charge in [0.05, 0.1) is 6.10 Å². The highest BCUT2D eigenvalue weighted by molar-refractivity contribution is 5.48. The molecule has 0 aliphatic heterocycles. The van der Waals surface area contributed by atoms with Gasteiger partial charge in [-0.1, -0.05) is 6.07 Å². The Labute approximate surface area is 70.3 Å². The molecule has 0 saturated carbocycles. The van der Waals surface area contributed by atoms with Crippen molar-refractivity contribution < 1.29 is 5.11 Å². The molecule has 0 aliphatic rings. The molecule has 1 atom stereocenters. The normalized spacial score (nSPS) is 13.5. The zero-order valence-corrected chi connectivity index (χ0v) is 6.73. The van der Waals surface area contributed by atoms with Crippen molar-refractivity contribution in [2.24, 2.45) is 0 Å². The van der Waals surface area contributed by atoms with E-state index in [0.717, 1.165) is 11.2 Å². The van der Waals surface area contributed by atoms with E-state index < -0.39 is 6.10 Å². The molecule has 2 aromatic heterocycles. The van der Waals surface area contributed by atoms with E-state index in [9.17, 15) is 5.11 Å². The lowest BCUT2D eigenvalue weighted by molar-refractivity contribution is 0.200. The highest BCUT2D eigenvalue weighted by Crippen LogP contribution is 2.16. The summed E-state index contributed by atoms with van der Waals surface area (Å²) in [6.45, 7) is 1.73. The molecule has 2 heterocycles. The van der Waals surface area contributed by atoms with Gasteiger partial charge in [-0.2, -0.15) is 0 Å². The third-order valence-electron chi connectivity index (χ3n) is 1.84. The van der Waals surface area contributed by atoms with E-state index in [1.807, 2.05) is 22.7 Å². The second kappa shape index (κ2) is 2.60. The summed E-state index contributed by atoms with van der Waals surface area (Å²) in [5.41, 5.74) is 1.60. The van der Waals surface area contributed by atoms with Crippen LogP contribution in [0.4, 0.5) is 0 Å². The third-order valence-corrected chi connectivity index (χ3v) is 1.84. The largest absolute Gasteiger partial charge is 0.389 e. The van der Waals surface area contributed by atoms with Gasteiger partial charge in [0.15, 0.2) is 0 Å². The minimum Gasteiger partial charge on any atom is -0.389 e. The summed E-state index contributed by atoms with van der Waals surface area (Å²) < 4.78 is 1.84. The summed E-state index contributed by atoms with van der Waals surface area (Å²) in [5.74, 6) is 0. The number of aliphatic hydroxyl groups is 1. The van der Waals surface area contributed by atoms with E-state index >= 15 is 0 Å². The first-order valence-electron chi connectivity index (χ1n) is 3.81. The van der Waals surface area contributed by atoms with Gasteiger partial charge in [-0.3, -0.25) is 0 Å². The van der Waals surface area contributed by atoms with Gasteiger partial charge in [-0.25, -0.2) is 4.98 Å². The average Bonchev–Trinajstić information content (AvgIpc) is 2.49. The number of aliphatic hydroxyl groups excluding tert-OH is 1. The quantitative estimate of drug-likeness (QED) is 0.682. The maximum Gasteiger partial charge on any atom is 0.143 e. The standard InChI is InChI=1S/C9H9N2O/c1-7(12)8-3-2-5-11-6-4-10-9(8)11/h2-3,5-7,12H,1H3/t7-/m1/s1. The van der Waals surface area contributed by atoms with Gasteiger partial charge in [0, 0.05) is 18.0 Å². The lowest BCUT2D eigenvalue weighted by Gasteiger charge is -2.04. The average molecular weight is 161 g/mol. The first-order chi connectivity index (χ1) is 5.79. The molecule has 1 N–H and O–H groups in total. The molecule has 0 fully saturated rings. The lowest BCUT2D eigenvalue weighted by atomic mass is 10.2. The van der Waals surface area contributed by atoms with Crippen molar-refractivity contribution in [1.82, 2.24) is 9.38 Å². The molecule has 0 spiro atoms. The number of fused-ring (bicyclic) bond motifs is 1. The van der Waals surface area contributed by atoms with Gasteiger partial charge in [0.2, 0.25) is 0 Å². The molecule has 0 aliphatic carbocycles. The summed E-state index contributed by atoms with van der Waals surface area (Å²) in [5, 5.41) is 9.37. The van der Waals surface area contributed by atoms with Gasteiger partial charge in [-0.15, -0.1) is 0 Å². The molecule has 0 bridgehead atoms.